The van der Waals surface area contributed by atoms with E-state index in [2.05, 4.69) is 16.9 Å². The molecule has 7 heteroatoms. The van der Waals surface area contributed by atoms with Crippen LogP contribution in [0.15, 0.2) is 5.38 Å². The zero-order valence-corrected chi connectivity index (χ0v) is 12.1. The van der Waals surface area contributed by atoms with E-state index in [9.17, 15) is 4.79 Å². The summed E-state index contributed by atoms with van der Waals surface area (Å²) in [5.41, 5.74) is 6.04. The molecule has 0 radical (unpaired) electrons. The second-order valence-corrected chi connectivity index (χ2v) is 5.20. The molecule has 2 rings (SSSR count). The molecule has 0 saturated carbocycles. The van der Waals surface area contributed by atoms with Gasteiger partial charge < -0.3 is 15.5 Å². The minimum absolute atomic E-state index is 0. The lowest BCUT2D eigenvalue weighted by Gasteiger charge is -2.31. The summed E-state index contributed by atoms with van der Waals surface area (Å²) in [4.78, 5) is 20.6. The molecule has 0 aliphatic carbocycles. The number of amides is 1. The van der Waals surface area contributed by atoms with E-state index >= 15 is 0 Å². The van der Waals surface area contributed by atoms with Gasteiger partial charge in [0, 0.05) is 38.0 Å². The average molecular weight is 291 g/mol. The summed E-state index contributed by atoms with van der Waals surface area (Å²) in [5, 5.41) is 2.79. The monoisotopic (exact) mass is 290 g/mol. The van der Waals surface area contributed by atoms with Gasteiger partial charge in [-0.2, -0.15) is 0 Å². The fraction of sp³-hybridized carbons (Fsp3) is 0.636. The molecular weight excluding hydrogens is 272 g/mol. The number of hydrogen-bond acceptors (Lipinski definition) is 5. The molecule has 1 fully saturated rings. The molecule has 102 valence electrons. The van der Waals surface area contributed by atoms with Gasteiger partial charge in [-0.3, -0.25) is 4.79 Å². The Morgan fingerprint density at radius 1 is 1.44 bits per heavy atom. The summed E-state index contributed by atoms with van der Waals surface area (Å²) in [5.74, 6) is 0.0534. The van der Waals surface area contributed by atoms with Crippen LogP contribution < -0.4 is 5.73 Å². The van der Waals surface area contributed by atoms with Crippen LogP contribution in [-0.4, -0.2) is 60.5 Å². The highest BCUT2D eigenvalue weighted by Gasteiger charge is 2.22. The first-order valence-corrected chi connectivity index (χ1v) is 6.71. The van der Waals surface area contributed by atoms with Gasteiger partial charge in [-0.1, -0.05) is 0 Å². The molecule has 0 aromatic carbocycles. The molecule has 1 aromatic heterocycles. The molecule has 2 N–H and O–H groups in total. The minimum Gasteiger partial charge on any atom is -0.335 e. The molecule has 0 bridgehead atoms. The van der Waals surface area contributed by atoms with Crippen LogP contribution in [0, 0.1) is 0 Å². The van der Waals surface area contributed by atoms with Crippen molar-refractivity contribution in [2.24, 2.45) is 5.73 Å². The third kappa shape index (κ3) is 3.65. The van der Waals surface area contributed by atoms with Crippen LogP contribution >= 0.6 is 23.7 Å². The van der Waals surface area contributed by atoms with Gasteiger partial charge in [-0.25, -0.2) is 4.98 Å². The molecule has 0 unspecified atom stereocenters. The van der Waals surface area contributed by atoms with E-state index in [1.54, 1.807) is 0 Å². The third-order valence-electron chi connectivity index (χ3n) is 2.92. The van der Waals surface area contributed by atoms with Crippen molar-refractivity contribution in [1.82, 2.24) is 14.8 Å². The SMILES string of the molecule is CN1CCN(C(=O)c2csc(CCN)n2)CC1.Cl. The van der Waals surface area contributed by atoms with Gasteiger partial charge in [0.25, 0.3) is 5.91 Å². The summed E-state index contributed by atoms with van der Waals surface area (Å²) >= 11 is 1.52. The van der Waals surface area contributed by atoms with Gasteiger partial charge in [0.2, 0.25) is 0 Å². The summed E-state index contributed by atoms with van der Waals surface area (Å²) in [6, 6.07) is 0. The maximum absolute atomic E-state index is 12.1. The van der Waals surface area contributed by atoms with E-state index in [1.807, 2.05) is 10.3 Å². The normalized spacial score (nSPS) is 16.4. The Kier molecular flexibility index (Phi) is 6.01. The van der Waals surface area contributed by atoms with E-state index in [4.69, 9.17) is 5.73 Å². The second-order valence-electron chi connectivity index (χ2n) is 4.26. The van der Waals surface area contributed by atoms with Gasteiger partial charge in [-0.05, 0) is 13.6 Å². The van der Waals surface area contributed by atoms with Crippen molar-refractivity contribution in [3.8, 4) is 0 Å². The van der Waals surface area contributed by atoms with E-state index in [0.717, 1.165) is 37.6 Å². The number of nitrogens with two attached hydrogens (primary N) is 1. The number of nitrogens with zero attached hydrogens (tertiary/aromatic N) is 3. The van der Waals surface area contributed by atoms with Gasteiger partial charge >= 0.3 is 0 Å². The third-order valence-corrected chi connectivity index (χ3v) is 3.83. The highest BCUT2D eigenvalue weighted by Crippen LogP contribution is 2.13. The number of hydrogen-bond donors (Lipinski definition) is 1. The Labute approximate surface area is 117 Å². The number of carbonyl (C=O) groups excluding carboxylic acids is 1. The molecule has 2 heterocycles. The van der Waals surface area contributed by atoms with Gasteiger partial charge in [-0.15, -0.1) is 23.7 Å². The van der Waals surface area contributed by atoms with Crippen LogP contribution in [0.3, 0.4) is 0 Å². The summed E-state index contributed by atoms with van der Waals surface area (Å²) < 4.78 is 0. The molecule has 0 atom stereocenters. The van der Waals surface area contributed by atoms with E-state index in [-0.39, 0.29) is 18.3 Å². The number of rotatable bonds is 3. The molecule has 5 nitrogen and oxygen atoms in total. The van der Waals surface area contributed by atoms with Crippen molar-refractivity contribution in [2.75, 3.05) is 39.8 Å². The first-order chi connectivity index (χ1) is 8.20. The van der Waals surface area contributed by atoms with E-state index in [0.29, 0.717) is 12.2 Å². The highest BCUT2D eigenvalue weighted by atomic mass is 35.5. The van der Waals surface area contributed by atoms with Crippen LogP contribution in [0.4, 0.5) is 0 Å². The molecule has 1 aliphatic rings. The largest absolute Gasteiger partial charge is 0.335 e. The maximum Gasteiger partial charge on any atom is 0.273 e. The number of piperazine rings is 1. The predicted octanol–water partition coefficient (Wildman–Crippen LogP) is 0.454. The lowest BCUT2D eigenvalue weighted by Crippen LogP contribution is -2.47. The Hall–Kier alpha value is -0.690. The molecule has 0 spiro atoms. The summed E-state index contributed by atoms with van der Waals surface area (Å²) in [6.45, 7) is 4.03. The van der Waals surface area contributed by atoms with Crippen molar-refractivity contribution in [3.63, 3.8) is 0 Å². The van der Waals surface area contributed by atoms with Crippen molar-refractivity contribution >= 4 is 29.7 Å². The lowest BCUT2D eigenvalue weighted by molar-refractivity contribution is 0.0659. The molecule has 1 saturated heterocycles. The molecule has 1 aromatic rings. The Morgan fingerprint density at radius 3 is 2.72 bits per heavy atom. The van der Waals surface area contributed by atoms with E-state index < -0.39 is 0 Å². The molecule has 18 heavy (non-hydrogen) atoms. The first-order valence-electron chi connectivity index (χ1n) is 5.83. The summed E-state index contributed by atoms with van der Waals surface area (Å²) in [6.07, 6.45) is 0.751. The van der Waals surface area contributed by atoms with Gasteiger partial charge in [0.15, 0.2) is 0 Å². The topological polar surface area (TPSA) is 62.5 Å². The Bertz CT molecular complexity index is 390. The quantitative estimate of drug-likeness (QED) is 0.878. The standard InChI is InChI=1S/C11H18N4OS.ClH/c1-14-4-6-15(7-5-14)11(16)9-8-17-10(13-9)2-3-12;/h8H,2-7,12H2,1H3;1H. The van der Waals surface area contributed by atoms with Crippen molar-refractivity contribution in [2.45, 2.75) is 6.42 Å². The van der Waals surface area contributed by atoms with Crippen LogP contribution in [0.5, 0.6) is 0 Å². The fourth-order valence-corrected chi connectivity index (χ4v) is 2.61. The maximum atomic E-state index is 12.1. The average Bonchev–Trinajstić information content (AvgIpc) is 2.78. The van der Waals surface area contributed by atoms with Gasteiger partial charge in [0.05, 0.1) is 5.01 Å². The highest BCUT2D eigenvalue weighted by molar-refractivity contribution is 7.09. The minimum atomic E-state index is 0. The summed E-state index contributed by atoms with van der Waals surface area (Å²) in [7, 11) is 2.07. The van der Waals surface area contributed by atoms with Crippen LogP contribution in [0.1, 0.15) is 15.5 Å². The lowest BCUT2D eigenvalue weighted by atomic mass is 10.3. The van der Waals surface area contributed by atoms with E-state index in [1.165, 1.54) is 11.3 Å². The zero-order valence-electron chi connectivity index (χ0n) is 10.5. The van der Waals surface area contributed by atoms with Crippen molar-refractivity contribution < 1.29 is 4.79 Å². The molecule has 1 aliphatic heterocycles. The van der Waals surface area contributed by atoms with Crippen molar-refractivity contribution in [3.05, 3.63) is 16.1 Å². The number of halogens is 1. The Morgan fingerprint density at radius 2 is 2.11 bits per heavy atom. The number of carbonyl (C=O) groups is 1. The van der Waals surface area contributed by atoms with Crippen molar-refractivity contribution in [1.29, 1.82) is 0 Å². The van der Waals surface area contributed by atoms with Crippen LogP contribution in [-0.2, 0) is 6.42 Å². The fourth-order valence-electron chi connectivity index (χ4n) is 1.82. The zero-order chi connectivity index (χ0) is 12.3. The number of aromatic nitrogens is 1. The molecular formula is C11H19ClN4OS. The Balaban J connectivity index is 0.00000162. The van der Waals surface area contributed by atoms with Crippen LogP contribution in [0.2, 0.25) is 0 Å². The van der Waals surface area contributed by atoms with Gasteiger partial charge in [0.1, 0.15) is 5.69 Å². The number of thiazole rings is 1. The smallest absolute Gasteiger partial charge is 0.273 e. The predicted molar refractivity (Wildman–Crippen MR) is 75.5 cm³/mol. The first kappa shape index (κ1) is 15.4. The second kappa shape index (κ2) is 7.04. The molecule has 1 amide bonds. The number of likely N-dealkylation sites (N-methyl/N-ethyl adjacent to an activating group) is 1. The van der Waals surface area contributed by atoms with Crippen LogP contribution in [0.25, 0.3) is 0 Å².